The van der Waals surface area contributed by atoms with E-state index in [1.54, 1.807) is 49.4 Å². The molecule has 1 unspecified atom stereocenters. The fraction of sp³-hybridized carbons (Fsp3) is 0.176. The van der Waals surface area contributed by atoms with E-state index in [9.17, 15) is 4.79 Å². The number of nitrogens with one attached hydrogen (secondary N) is 1. The zero-order chi connectivity index (χ0) is 16.2. The SMILES string of the molecule is CC(Oc1ccc2c(c1)OCO2)C(=O)Nc1cccc(C#N)c1. The van der Waals surface area contributed by atoms with E-state index < -0.39 is 6.10 Å². The minimum atomic E-state index is -0.707. The van der Waals surface area contributed by atoms with E-state index in [1.165, 1.54) is 0 Å². The maximum absolute atomic E-state index is 12.2. The van der Waals surface area contributed by atoms with Crippen LogP contribution in [0.3, 0.4) is 0 Å². The van der Waals surface area contributed by atoms with Crippen LogP contribution in [0.4, 0.5) is 5.69 Å². The predicted molar refractivity (Wildman–Crippen MR) is 82.4 cm³/mol. The van der Waals surface area contributed by atoms with Crippen LogP contribution in [0.2, 0.25) is 0 Å². The summed E-state index contributed by atoms with van der Waals surface area (Å²) >= 11 is 0. The molecule has 2 aromatic rings. The van der Waals surface area contributed by atoms with Gasteiger partial charge in [-0.3, -0.25) is 4.79 Å². The molecule has 0 fully saturated rings. The molecule has 0 aliphatic carbocycles. The first-order chi connectivity index (χ1) is 11.2. The van der Waals surface area contributed by atoms with Crippen LogP contribution in [0.1, 0.15) is 12.5 Å². The highest BCUT2D eigenvalue weighted by Gasteiger charge is 2.18. The van der Waals surface area contributed by atoms with Gasteiger partial charge in [-0.15, -0.1) is 0 Å². The van der Waals surface area contributed by atoms with Gasteiger partial charge in [0.05, 0.1) is 11.6 Å². The second-order valence-electron chi connectivity index (χ2n) is 4.96. The number of benzene rings is 2. The first-order valence-corrected chi connectivity index (χ1v) is 7.03. The summed E-state index contributed by atoms with van der Waals surface area (Å²) in [5.74, 6) is 1.46. The van der Waals surface area contributed by atoms with Gasteiger partial charge in [-0.1, -0.05) is 6.07 Å². The number of rotatable bonds is 4. The van der Waals surface area contributed by atoms with Gasteiger partial charge in [0.2, 0.25) is 6.79 Å². The molecule has 1 aliphatic heterocycles. The molecule has 116 valence electrons. The van der Waals surface area contributed by atoms with Crippen molar-refractivity contribution in [3.05, 3.63) is 48.0 Å². The Balaban J connectivity index is 1.64. The molecule has 1 N–H and O–H groups in total. The smallest absolute Gasteiger partial charge is 0.265 e. The van der Waals surface area contributed by atoms with Crippen molar-refractivity contribution in [2.75, 3.05) is 12.1 Å². The lowest BCUT2D eigenvalue weighted by molar-refractivity contribution is -0.122. The van der Waals surface area contributed by atoms with Crippen LogP contribution in [0, 0.1) is 11.3 Å². The molecule has 23 heavy (non-hydrogen) atoms. The number of ether oxygens (including phenoxy) is 3. The number of anilines is 1. The summed E-state index contributed by atoms with van der Waals surface area (Å²) in [5.41, 5.74) is 1.03. The first kappa shape index (κ1) is 14.7. The Morgan fingerprint density at radius 1 is 1.26 bits per heavy atom. The summed E-state index contributed by atoms with van der Waals surface area (Å²) in [4.78, 5) is 12.2. The molecule has 0 saturated heterocycles. The van der Waals surface area contributed by atoms with Crippen LogP contribution in [-0.4, -0.2) is 18.8 Å². The minimum absolute atomic E-state index is 0.185. The third-order valence-corrected chi connectivity index (χ3v) is 3.29. The Hall–Kier alpha value is -3.20. The number of nitrogens with zero attached hydrogens (tertiary/aromatic N) is 1. The van der Waals surface area contributed by atoms with E-state index in [0.717, 1.165) is 0 Å². The Morgan fingerprint density at radius 3 is 2.91 bits per heavy atom. The van der Waals surface area contributed by atoms with Crippen molar-refractivity contribution in [1.29, 1.82) is 5.26 Å². The first-order valence-electron chi connectivity index (χ1n) is 7.03. The van der Waals surface area contributed by atoms with Gasteiger partial charge < -0.3 is 19.5 Å². The molecule has 0 spiro atoms. The van der Waals surface area contributed by atoms with Crippen molar-refractivity contribution in [2.45, 2.75) is 13.0 Å². The fourth-order valence-electron chi connectivity index (χ4n) is 2.12. The second-order valence-corrected chi connectivity index (χ2v) is 4.96. The molecule has 0 radical (unpaired) electrons. The van der Waals surface area contributed by atoms with Crippen molar-refractivity contribution < 1.29 is 19.0 Å². The van der Waals surface area contributed by atoms with E-state index in [-0.39, 0.29) is 12.7 Å². The van der Waals surface area contributed by atoms with E-state index in [1.807, 2.05) is 6.07 Å². The summed E-state index contributed by atoms with van der Waals surface area (Å²) < 4.78 is 16.1. The zero-order valence-corrected chi connectivity index (χ0v) is 12.4. The van der Waals surface area contributed by atoms with Crippen LogP contribution in [0.5, 0.6) is 17.2 Å². The summed E-state index contributed by atoms with van der Waals surface area (Å²) in [7, 11) is 0. The molecule has 1 aliphatic rings. The van der Waals surface area contributed by atoms with Gasteiger partial charge in [0, 0.05) is 11.8 Å². The Labute approximate surface area is 133 Å². The van der Waals surface area contributed by atoms with Gasteiger partial charge in [0.15, 0.2) is 17.6 Å². The molecule has 6 heteroatoms. The largest absolute Gasteiger partial charge is 0.481 e. The van der Waals surface area contributed by atoms with Gasteiger partial charge in [0.25, 0.3) is 5.91 Å². The number of carbonyl (C=O) groups excluding carboxylic acids is 1. The van der Waals surface area contributed by atoms with Crippen LogP contribution >= 0.6 is 0 Å². The van der Waals surface area contributed by atoms with E-state index in [2.05, 4.69) is 5.32 Å². The Kier molecular flexibility index (Phi) is 4.02. The van der Waals surface area contributed by atoms with Gasteiger partial charge in [-0.25, -0.2) is 0 Å². The molecule has 1 amide bonds. The van der Waals surface area contributed by atoms with Crippen LogP contribution in [0.15, 0.2) is 42.5 Å². The third-order valence-electron chi connectivity index (χ3n) is 3.29. The highest BCUT2D eigenvalue weighted by atomic mass is 16.7. The van der Waals surface area contributed by atoms with Crippen molar-refractivity contribution in [3.8, 4) is 23.3 Å². The van der Waals surface area contributed by atoms with E-state index in [4.69, 9.17) is 19.5 Å². The minimum Gasteiger partial charge on any atom is -0.481 e. The van der Waals surface area contributed by atoms with Crippen molar-refractivity contribution in [2.24, 2.45) is 0 Å². The maximum Gasteiger partial charge on any atom is 0.265 e. The molecule has 6 nitrogen and oxygen atoms in total. The predicted octanol–water partition coefficient (Wildman–Crippen LogP) is 2.69. The number of hydrogen-bond acceptors (Lipinski definition) is 5. The molecule has 1 atom stereocenters. The molecule has 0 saturated carbocycles. The third kappa shape index (κ3) is 3.35. The number of amides is 1. The summed E-state index contributed by atoms with van der Waals surface area (Å²) in [6.07, 6.45) is -0.707. The zero-order valence-electron chi connectivity index (χ0n) is 12.4. The van der Waals surface area contributed by atoms with Crippen molar-refractivity contribution >= 4 is 11.6 Å². The number of nitriles is 1. The van der Waals surface area contributed by atoms with Crippen LogP contribution in [0.25, 0.3) is 0 Å². The lowest BCUT2D eigenvalue weighted by Crippen LogP contribution is -2.30. The lowest BCUT2D eigenvalue weighted by Gasteiger charge is -2.15. The van der Waals surface area contributed by atoms with Crippen molar-refractivity contribution in [1.82, 2.24) is 0 Å². The van der Waals surface area contributed by atoms with Gasteiger partial charge >= 0.3 is 0 Å². The molecule has 0 bridgehead atoms. The molecule has 3 rings (SSSR count). The van der Waals surface area contributed by atoms with Gasteiger partial charge in [-0.2, -0.15) is 5.26 Å². The highest BCUT2D eigenvalue weighted by molar-refractivity contribution is 5.94. The van der Waals surface area contributed by atoms with Crippen LogP contribution < -0.4 is 19.5 Å². The van der Waals surface area contributed by atoms with Gasteiger partial charge in [-0.05, 0) is 37.3 Å². The number of carbonyl (C=O) groups is 1. The topological polar surface area (TPSA) is 80.6 Å². The standard InChI is InChI=1S/C17H14N2O4/c1-11(17(20)19-13-4-2-3-12(7-13)9-18)23-14-5-6-15-16(8-14)22-10-21-15/h2-8,11H,10H2,1H3,(H,19,20). The lowest BCUT2D eigenvalue weighted by atomic mass is 10.2. The quantitative estimate of drug-likeness (QED) is 0.939. The van der Waals surface area contributed by atoms with E-state index >= 15 is 0 Å². The maximum atomic E-state index is 12.2. The molecule has 2 aromatic carbocycles. The summed E-state index contributed by atoms with van der Waals surface area (Å²) in [6.45, 7) is 1.83. The summed E-state index contributed by atoms with van der Waals surface area (Å²) in [6, 6.07) is 13.9. The normalized spacial score (nSPS) is 13.0. The fourth-order valence-corrected chi connectivity index (χ4v) is 2.12. The molecular weight excluding hydrogens is 296 g/mol. The number of hydrogen-bond donors (Lipinski definition) is 1. The van der Waals surface area contributed by atoms with Crippen LogP contribution in [-0.2, 0) is 4.79 Å². The van der Waals surface area contributed by atoms with Gasteiger partial charge in [0.1, 0.15) is 5.75 Å². The Bertz CT molecular complexity index is 782. The molecule has 1 heterocycles. The highest BCUT2D eigenvalue weighted by Crippen LogP contribution is 2.35. The van der Waals surface area contributed by atoms with E-state index in [0.29, 0.717) is 28.5 Å². The average molecular weight is 310 g/mol. The average Bonchev–Trinajstić information content (AvgIpc) is 3.02. The second kappa shape index (κ2) is 6.28. The summed E-state index contributed by atoms with van der Waals surface area (Å²) in [5, 5.41) is 11.6. The monoisotopic (exact) mass is 310 g/mol. The molecule has 0 aromatic heterocycles. The van der Waals surface area contributed by atoms with Crippen molar-refractivity contribution in [3.63, 3.8) is 0 Å². The molecular formula is C17H14N2O4. The Morgan fingerprint density at radius 2 is 2.09 bits per heavy atom. The number of fused-ring (bicyclic) bond motifs is 1.